The minimum absolute atomic E-state index is 0. The van der Waals surface area contributed by atoms with Gasteiger partial charge in [-0.3, -0.25) is 4.79 Å². The number of nitrogens with zero attached hydrogens (tertiary/aromatic N) is 4. The molecule has 21 heavy (non-hydrogen) atoms. The fraction of sp³-hybridized carbons (Fsp3) is 0.500. The first-order valence-corrected chi connectivity index (χ1v) is 6.91. The molecule has 0 aromatic carbocycles. The van der Waals surface area contributed by atoms with E-state index in [0.717, 1.165) is 36.7 Å². The fourth-order valence-electron chi connectivity index (χ4n) is 2.67. The normalized spacial score (nSPS) is 18.6. The van der Waals surface area contributed by atoms with E-state index in [1.54, 1.807) is 10.7 Å². The topological polar surface area (TPSA) is 62.5 Å². The molecule has 3 heterocycles. The second-order valence-electron chi connectivity index (χ2n) is 5.36. The molecule has 0 bridgehead atoms. The Morgan fingerprint density at radius 3 is 2.90 bits per heavy atom. The van der Waals surface area contributed by atoms with Crippen LogP contribution in [-0.4, -0.2) is 51.1 Å². The lowest BCUT2D eigenvalue weighted by Crippen LogP contribution is -2.52. The average Bonchev–Trinajstić information content (AvgIpc) is 2.81. The van der Waals surface area contributed by atoms with Crippen LogP contribution in [0.1, 0.15) is 28.7 Å². The van der Waals surface area contributed by atoms with Crippen LogP contribution in [0.3, 0.4) is 0 Å². The quantitative estimate of drug-likeness (QED) is 0.860. The van der Waals surface area contributed by atoms with Crippen molar-refractivity contribution in [3.8, 4) is 0 Å². The lowest BCUT2D eigenvalue weighted by molar-refractivity contribution is 0.0653. The molecule has 114 valence electrons. The summed E-state index contributed by atoms with van der Waals surface area (Å²) in [5, 5.41) is 7.68. The van der Waals surface area contributed by atoms with E-state index < -0.39 is 0 Å². The third-order valence-corrected chi connectivity index (χ3v) is 3.84. The number of carbonyl (C=O) groups excluding carboxylic acids is 1. The van der Waals surface area contributed by atoms with E-state index in [4.69, 9.17) is 0 Å². The maximum Gasteiger partial charge on any atom is 0.257 e. The predicted octanol–water partition coefficient (Wildman–Crippen LogP) is 1.20. The molecular formula is C14H20ClN5O. The number of fused-ring (bicyclic) bond motifs is 1. The zero-order valence-electron chi connectivity index (χ0n) is 12.5. The van der Waals surface area contributed by atoms with Gasteiger partial charge >= 0.3 is 0 Å². The van der Waals surface area contributed by atoms with Crippen LogP contribution in [0.4, 0.5) is 0 Å². The summed E-state index contributed by atoms with van der Waals surface area (Å²) in [6.45, 7) is 8.31. The molecule has 0 aliphatic carbocycles. The van der Waals surface area contributed by atoms with Gasteiger partial charge in [-0.15, -0.1) is 12.4 Å². The number of aryl methyl sites for hydroxylation is 2. The van der Waals surface area contributed by atoms with Gasteiger partial charge in [0.15, 0.2) is 5.65 Å². The second kappa shape index (κ2) is 5.99. The number of carbonyl (C=O) groups is 1. The van der Waals surface area contributed by atoms with E-state index in [-0.39, 0.29) is 24.4 Å². The van der Waals surface area contributed by atoms with Crippen molar-refractivity contribution in [2.75, 3.05) is 19.6 Å². The van der Waals surface area contributed by atoms with Crippen molar-refractivity contribution in [2.45, 2.75) is 26.8 Å². The predicted molar refractivity (Wildman–Crippen MR) is 83.1 cm³/mol. The number of aromatic nitrogens is 3. The second-order valence-corrected chi connectivity index (χ2v) is 5.36. The Kier molecular flexibility index (Phi) is 4.49. The lowest BCUT2D eigenvalue weighted by atomic mass is 10.1. The summed E-state index contributed by atoms with van der Waals surface area (Å²) in [6, 6.07) is 2.11. The van der Waals surface area contributed by atoms with E-state index in [2.05, 4.69) is 22.3 Å². The molecule has 2 aromatic heterocycles. The molecule has 0 unspecified atom stereocenters. The number of hydrogen-bond acceptors (Lipinski definition) is 4. The summed E-state index contributed by atoms with van der Waals surface area (Å²) in [7, 11) is 0. The molecule has 1 saturated heterocycles. The minimum Gasteiger partial charge on any atom is -0.333 e. The van der Waals surface area contributed by atoms with Crippen molar-refractivity contribution in [3.05, 3.63) is 29.2 Å². The molecule has 3 rings (SSSR count). The first kappa shape index (κ1) is 15.7. The molecular weight excluding hydrogens is 290 g/mol. The summed E-state index contributed by atoms with van der Waals surface area (Å²) in [4.78, 5) is 18.9. The standard InChI is InChI=1S/C14H19N5O.ClH/c1-9-6-13-16-8-12(11(3)19(13)17-9)14(20)18-5-4-15-7-10(18)2;/h6,8,10,15H,4-5,7H2,1-3H3;1H/t10-;/m1./s1. The van der Waals surface area contributed by atoms with Crippen LogP contribution in [0.25, 0.3) is 5.65 Å². The number of nitrogens with one attached hydrogen (secondary N) is 1. The van der Waals surface area contributed by atoms with E-state index >= 15 is 0 Å². The first-order chi connectivity index (χ1) is 9.58. The Balaban J connectivity index is 0.00000161. The summed E-state index contributed by atoms with van der Waals surface area (Å²) in [5.41, 5.74) is 3.17. The Morgan fingerprint density at radius 1 is 1.43 bits per heavy atom. The van der Waals surface area contributed by atoms with Crippen LogP contribution in [0, 0.1) is 13.8 Å². The van der Waals surface area contributed by atoms with Gasteiger partial charge in [-0.2, -0.15) is 5.10 Å². The molecule has 7 heteroatoms. The van der Waals surface area contributed by atoms with Crippen LogP contribution >= 0.6 is 12.4 Å². The van der Waals surface area contributed by atoms with E-state index in [1.165, 1.54) is 0 Å². The Morgan fingerprint density at radius 2 is 2.19 bits per heavy atom. The van der Waals surface area contributed by atoms with Crippen LogP contribution in [0.2, 0.25) is 0 Å². The molecule has 1 amide bonds. The molecule has 0 spiro atoms. The van der Waals surface area contributed by atoms with Gasteiger partial charge in [0.1, 0.15) is 0 Å². The maximum atomic E-state index is 12.7. The number of amides is 1. The van der Waals surface area contributed by atoms with Crippen molar-refractivity contribution in [1.29, 1.82) is 0 Å². The molecule has 0 saturated carbocycles. The van der Waals surface area contributed by atoms with Crippen LogP contribution in [0.15, 0.2) is 12.3 Å². The summed E-state index contributed by atoms with van der Waals surface area (Å²) in [6.07, 6.45) is 1.67. The molecule has 2 aromatic rings. The maximum absolute atomic E-state index is 12.7. The monoisotopic (exact) mass is 309 g/mol. The van der Waals surface area contributed by atoms with Gasteiger partial charge in [0, 0.05) is 37.9 Å². The number of piperazine rings is 1. The van der Waals surface area contributed by atoms with Crippen LogP contribution < -0.4 is 5.32 Å². The van der Waals surface area contributed by atoms with Crippen molar-refractivity contribution in [1.82, 2.24) is 24.8 Å². The van der Waals surface area contributed by atoms with Gasteiger partial charge < -0.3 is 10.2 Å². The van der Waals surface area contributed by atoms with Gasteiger partial charge in [0.2, 0.25) is 0 Å². The molecule has 6 nitrogen and oxygen atoms in total. The van der Waals surface area contributed by atoms with Gasteiger partial charge in [-0.05, 0) is 20.8 Å². The average molecular weight is 310 g/mol. The van der Waals surface area contributed by atoms with E-state index in [1.807, 2.05) is 24.8 Å². The molecule has 1 fully saturated rings. The number of rotatable bonds is 1. The zero-order valence-corrected chi connectivity index (χ0v) is 13.3. The minimum atomic E-state index is 0. The molecule has 0 radical (unpaired) electrons. The Hall–Kier alpha value is -1.66. The van der Waals surface area contributed by atoms with Crippen molar-refractivity contribution in [3.63, 3.8) is 0 Å². The highest BCUT2D eigenvalue weighted by molar-refractivity contribution is 5.95. The Bertz CT molecular complexity index is 669. The zero-order chi connectivity index (χ0) is 14.3. The highest BCUT2D eigenvalue weighted by Gasteiger charge is 2.26. The highest BCUT2D eigenvalue weighted by atomic mass is 35.5. The van der Waals surface area contributed by atoms with E-state index in [0.29, 0.717) is 5.56 Å². The molecule has 1 N–H and O–H groups in total. The smallest absolute Gasteiger partial charge is 0.257 e. The third kappa shape index (κ3) is 2.73. The molecule has 1 atom stereocenters. The van der Waals surface area contributed by atoms with Gasteiger partial charge in [-0.25, -0.2) is 9.50 Å². The van der Waals surface area contributed by atoms with Crippen molar-refractivity contribution >= 4 is 24.0 Å². The first-order valence-electron chi connectivity index (χ1n) is 6.91. The lowest BCUT2D eigenvalue weighted by Gasteiger charge is -2.34. The molecule has 1 aliphatic rings. The van der Waals surface area contributed by atoms with Crippen LogP contribution in [-0.2, 0) is 0 Å². The van der Waals surface area contributed by atoms with Crippen molar-refractivity contribution in [2.24, 2.45) is 0 Å². The largest absolute Gasteiger partial charge is 0.333 e. The number of halogens is 1. The van der Waals surface area contributed by atoms with Gasteiger partial charge in [-0.1, -0.05) is 0 Å². The van der Waals surface area contributed by atoms with Gasteiger partial charge in [0.05, 0.1) is 17.0 Å². The number of hydrogen-bond donors (Lipinski definition) is 1. The highest BCUT2D eigenvalue weighted by Crippen LogP contribution is 2.15. The fourth-order valence-corrected chi connectivity index (χ4v) is 2.67. The Labute approximate surface area is 129 Å². The SMILES string of the molecule is Cc1cc2ncc(C(=O)N3CCNC[C@H]3C)c(C)n2n1.Cl. The summed E-state index contributed by atoms with van der Waals surface area (Å²) >= 11 is 0. The summed E-state index contributed by atoms with van der Waals surface area (Å²) in [5.74, 6) is 0.0408. The van der Waals surface area contributed by atoms with Gasteiger partial charge in [0.25, 0.3) is 5.91 Å². The van der Waals surface area contributed by atoms with Crippen molar-refractivity contribution < 1.29 is 4.79 Å². The molecule has 1 aliphatic heterocycles. The van der Waals surface area contributed by atoms with Crippen LogP contribution in [0.5, 0.6) is 0 Å². The summed E-state index contributed by atoms with van der Waals surface area (Å²) < 4.78 is 1.75. The third-order valence-electron chi connectivity index (χ3n) is 3.84. The van der Waals surface area contributed by atoms with E-state index in [9.17, 15) is 4.79 Å².